The van der Waals surface area contributed by atoms with Gasteiger partial charge in [0.05, 0.1) is 11.6 Å². The molecule has 35 heavy (non-hydrogen) atoms. The summed E-state index contributed by atoms with van der Waals surface area (Å²) in [4.78, 5) is 17.8. The number of nitrogens with zero attached hydrogens (tertiary/aromatic N) is 2. The van der Waals surface area contributed by atoms with Crippen molar-refractivity contribution >= 4 is 17.7 Å². The van der Waals surface area contributed by atoms with E-state index in [9.17, 15) is 9.90 Å². The zero-order valence-corrected chi connectivity index (χ0v) is 20.8. The van der Waals surface area contributed by atoms with E-state index in [1.165, 1.54) is 5.69 Å². The summed E-state index contributed by atoms with van der Waals surface area (Å²) in [6.07, 6.45) is 8.04. The number of carbonyl (C=O) groups excluding carboxylic acids is 1. The number of aliphatic hydroxyl groups is 1. The minimum absolute atomic E-state index is 0.0203. The van der Waals surface area contributed by atoms with Crippen molar-refractivity contribution in [3.63, 3.8) is 0 Å². The van der Waals surface area contributed by atoms with Crippen molar-refractivity contribution in [2.75, 3.05) is 31.3 Å². The molecule has 2 aromatic rings. The SMILES string of the molecule is CCN(CC)c1ccc([C@H]2C3CCCCC3(O)CCN2C(=O)/C=C/c2ccc3c(c2)OCO3)cc1. The van der Waals surface area contributed by atoms with Crippen LogP contribution in [0, 0.1) is 5.92 Å². The second kappa shape index (κ2) is 9.94. The number of carbonyl (C=O) groups is 1. The van der Waals surface area contributed by atoms with E-state index in [1.54, 1.807) is 6.08 Å². The lowest BCUT2D eigenvalue weighted by Gasteiger charge is -2.52. The Kier molecular flexibility index (Phi) is 6.74. The third-order valence-electron chi connectivity index (χ3n) is 8.03. The first-order chi connectivity index (χ1) is 17.0. The van der Waals surface area contributed by atoms with Gasteiger partial charge in [-0.2, -0.15) is 0 Å². The van der Waals surface area contributed by atoms with Crippen LogP contribution in [0.4, 0.5) is 5.69 Å². The van der Waals surface area contributed by atoms with E-state index >= 15 is 0 Å². The molecule has 0 aromatic heterocycles. The highest BCUT2D eigenvalue weighted by atomic mass is 16.7. The van der Waals surface area contributed by atoms with Gasteiger partial charge >= 0.3 is 0 Å². The Morgan fingerprint density at radius 3 is 2.63 bits per heavy atom. The van der Waals surface area contributed by atoms with Crippen molar-refractivity contribution in [3.05, 3.63) is 59.7 Å². The molecule has 1 N–H and O–H groups in total. The van der Waals surface area contributed by atoms with Gasteiger partial charge in [0.2, 0.25) is 12.7 Å². The van der Waals surface area contributed by atoms with Crippen molar-refractivity contribution in [2.24, 2.45) is 5.92 Å². The number of fused-ring (bicyclic) bond motifs is 2. The molecule has 5 rings (SSSR count). The fourth-order valence-electron chi connectivity index (χ4n) is 6.09. The van der Waals surface area contributed by atoms with Crippen molar-refractivity contribution in [1.29, 1.82) is 0 Å². The summed E-state index contributed by atoms with van der Waals surface area (Å²) in [7, 11) is 0. The molecule has 6 heteroatoms. The number of hydrogen-bond donors (Lipinski definition) is 1. The Morgan fingerprint density at radius 2 is 1.86 bits per heavy atom. The Bertz CT molecular complexity index is 1080. The standard InChI is InChI=1S/C29H36N2O4/c1-3-30(4-2)23-12-10-22(11-13-23)28-24-7-5-6-16-29(24,33)17-18-31(28)27(32)15-9-21-8-14-25-26(19-21)35-20-34-25/h8-15,19,24,28,33H,3-7,16-18,20H2,1-2H3/b15-9+/t24?,28-,29?/m0/s1. The maximum absolute atomic E-state index is 13.5. The molecule has 0 bridgehead atoms. The second-order valence-electron chi connectivity index (χ2n) is 9.89. The minimum Gasteiger partial charge on any atom is -0.454 e. The van der Waals surface area contributed by atoms with Crippen LogP contribution in [0.25, 0.3) is 6.08 Å². The monoisotopic (exact) mass is 476 g/mol. The van der Waals surface area contributed by atoms with Crippen LogP contribution in [0.2, 0.25) is 0 Å². The van der Waals surface area contributed by atoms with Crippen molar-refractivity contribution in [1.82, 2.24) is 4.90 Å². The summed E-state index contributed by atoms with van der Waals surface area (Å²) in [6, 6.07) is 14.2. The average molecular weight is 477 g/mol. The predicted octanol–water partition coefficient (Wildman–Crippen LogP) is 5.17. The highest BCUT2D eigenvalue weighted by molar-refractivity contribution is 5.92. The number of benzene rings is 2. The zero-order chi connectivity index (χ0) is 24.4. The van der Waals surface area contributed by atoms with Gasteiger partial charge < -0.3 is 24.4 Å². The topological polar surface area (TPSA) is 62.2 Å². The highest BCUT2D eigenvalue weighted by Gasteiger charge is 2.49. The lowest BCUT2D eigenvalue weighted by Crippen LogP contribution is -2.56. The van der Waals surface area contributed by atoms with Crippen molar-refractivity contribution < 1.29 is 19.4 Å². The zero-order valence-electron chi connectivity index (χ0n) is 20.8. The van der Waals surface area contributed by atoms with Crippen molar-refractivity contribution in [2.45, 2.75) is 57.6 Å². The van der Waals surface area contributed by atoms with Crippen LogP contribution in [0.3, 0.4) is 0 Å². The smallest absolute Gasteiger partial charge is 0.247 e. The number of ether oxygens (including phenoxy) is 2. The van der Waals surface area contributed by atoms with Crippen LogP contribution in [-0.2, 0) is 4.79 Å². The maximum Gasteiger partial charge on any atom is 0.247 e. The van der Waals surface area contributed by atoms with E-state index in [0.717, 1.165) is 55.6 Å². The number of likely N-dealkylation sites (tertiary alicyclic amines) is 1. The van der Waals surface area contributed by atoms with E-state index in [-0.39, 0.29) is 24.7 Å². The largest absolute Gasteiger partial charge is 0.454 e. The summed E-state index contributed by atoms with van der Waals surface area (Å²) in [5.74, 6) is 1.46. The number of rotatable bonds is 6. The summed E-state index contributed by atoms with van der Waals surface area (Å²) in [5, 5.41) is 11.5. The molecule has 2 unspecified atom stereocenters. The molecular formula is C29H36N2O4. The Hall–Kier alpha value is -2.99. The summed E-state index contributed by atoms with van der Waals surface area (Å²) in [6.45, 7) is 7.02. The maximum atomic E-state index is 13.5. The molecule has 1 saturated heterocycles. The molecule has 6 nitrogen and oxygen atoms in total. The molecule has 2 aliphatic heterocycles. The van der Waals surface area contributed by atoms with Crippen LogP contribution in [0.1, 0.15) is 63.1 Å². The number of amides is 1. The molecule has 3 aliphatic rings. The van der Waals surface area contributed by atoms with Gasteiger partial charge in [0.15, 0.2) is 11.5 Å². The number of piperidine rings is 1. The number of anilines is 1. The molecule has 3 atom stereocenters. The Balaban J connectivity index is 1.42. The second-order valence-corrected chi connectivity index (χ2v) is 9.89. The van der Waals surface area contributed by atoms with Crippen LogP contribution in [0.15, 0.2) is 48.5 Å². The first kappa shape index (κ1) is 23.7. The predicted molar refractivity (Wildman–Crippen MR) is 138 cm³/mol. The van der Waals surface area contributed by atoms with E-state index in [1.807, 2.05) is 29.2 Å². The first-order valence-corrected chi connectivity index (χ1v) is 13.0. The molecule has 2 heterocycles. The highest BCUT2D eigenvalue weighted by Crippen LogP contribution is 2.49. The van der Waals surface area contributed by atoms with Crippen LogP contribution < -0.4 is 14.4 Å². The Labute approximate surface area is 208 Å². The van der Waals surface area contributed by atoms with E-state index < -0.39 is 5.60 Å². The minimum atomic E-state index is -0.696. The fraction of sp³-hybridized carbons (Fsp3) is 0.483. The molecule has 0 radical (unpaired) electrons. The van der Waals surface area contributed by atoms with E-state index in [0.29, 0.717) is 18.7 Å². The van der Waals surface area contributed by atoms with Crippen LogP contribution >= 0.6 is 0 Å². The average Bonchev–Trinajstić information content (AvgIpc) is 3.35. The van der Waals surface area contributed by atoms with Crippen LogP contribution in [0.5, 0.6) is 11.5 Å². The molecule has 0 spiro atoms. The molecule has 2 fully saturated rings. The lowest BCUT2D eigenvalue weighted by atomic mass is 9.66. The normalized spacial score (nSPS) is 25.5. The molecule has 1 saturated carbocycles. The van der Waals surface area contributed by atoms with Gasteiger partial charge in [-0.05, 0) is 74.6 Å². The molecule has 2 aromatic carbocycles. The summed E-state index contributed by atoms with van der Waals surface area (Å²) < 4.78 is 10.9. The van der Waals surface area contributed by atoms with Gasteiger partial charge in [-0.15, -0.1) is 0 Å². The quantitative estimate of drug-likeness (QED) is 0.583. The van der Waals surface area contributed by atoms with Gasteiger partial charge in [0, 0.05) is 37.3 Å². The Morgan fingerprint density at radius 1 is 1.09 bits per heavy atom. The molecule has 1 aliphatic carbocycles. The van der Waals surface area contributed by atoms with Gasteiger partial charge in [0.25, 0.3) is 0 Å². The number of hydrogen-bond acceptors (Lipinski definition) is 5. The van der Waals surface area contributed by atoms with E-state index in [2.05, 4.69) is 43.0 Å². The third-order valence-corrected chi connectivity index (χ3v) is 8.03. The third kappa shape index (κ3) is 4.64. The van der Waals surface area contributed by atoms with Gasteiger partial charge in [-0.1, -0.05) is 31.0 Å². The summed E-state index contributed by atoms with van der Waals surface area (Å²) in [5.41, 5.74) is 2.50. The fourth-order valence-corrected chi connectivity index (χ4v) is 6.09. The molecular weight excluding hydrogens is 440 g/mol. The molecule has 1 amide bonds. The van der Waals surface area contributed by atoms with Gasteiger partial charge in [-0.3, -0.25) is 4.79 Å². The summed E-state index contributed by atoms with van der Waals surface area (Å²) >= 11 is 0. The van der Waals surface area contributed by atoms with Crippen LogP contribution in [-0.4, -0.2) is 47.9 Å². The first-order valence-electron chi connectivity index (χ1n) is 13.0. The lowest BCUT2D eigenvalue weighted by molar-refractivity contribution is -0.150. The molecule has 186 valence electrons. The van der Waals surface area contributed by atoms with E-state index in [4.69, 9.17) is 9.47 Å². The van der Waals surface area contributed by atoms with Crippen molar-refractivity contribution in [3.8, 4) is 11.5 Å². The van der Waals surface area contributed by atoms with Gasteiger partial charge in [-0.25, -0.2) is 0 Å². The van der Waals surface area contributed by atoms with Gasteiger partial charge in [0.1, 0.15) is 0 Å².